The topological polar surface area (TPSA) is 79.4 Å². The molecule has 1 fully saturated rings. The Labute approximate surface area is 125 Å². The van der Waals surface area contributed by atoms with E-state index in [1.165, 1.54) is 0 Å². The third kappa shape index (κ3) is 3.81. The highest BCUT2D eigenvalue weighted by molar-refractivity contribution is 5.85. The van der Waals surface area contributed by atoms with Gasteiger partial charge in [0.05, 0.1) is 0 Å². The minimum absolute atomic E-state index is 0.0243. The molecule has 1 saturated heterocycles. The van der Waals surface area contributed by atoms with E-state index in [0.29, 0.717) is 19.0 Å². The fourth-order valence-electron chi connectivity index (χ4n) is 2.26. The molecule has 0 radical (unpaired) electrons. The number of hydrogen-bond acceptors (Lipinski definition) is 6. The first-order valence-electron chi connectivity index (χ1n) is 7.30. The molecule has 1 atom stereocenters. The van der Waals surface area contributed by atoms with Gasteiger partial charge in [0.15, 0.2) is 5.82 Å². The number of methoxy groups -OCH3 is 1. The molecule has 7 heteroatoms. The summed E-state index contributed by atoms with van der Waals surface area (Å²) < 4.78 is 5.13. The van der Waals surface area contributed by atoms with Crippen molar-refractivity contribution in [2.24, 2.45) is 0 Å². The summed E-state index contributed by atoms with van der Waals surface area (Å²) in [6, 6.07) is 1.66. The van der Waals surface area contributed by atoms with Crippen molar-refractivity contribution in [2.45, 2.75) is 32.9 Å². The van der Waals surface area contributed by atoms with Gasteiger partial charge in [-0.2, -0.15) is 0 Å². The average Bonchev–Trinajstić information content (AvgIpc) is 2.48. The molecule has 1 aromatic heterocycles. The fourth-order valence-corrected chi connectivity index (χ4v) is 2.26. The van der Waals surface area contributed by atoms with Crippen molar-refractivity contribution in [2.75, 3.05) is 37.0 Å². The zero-order valence-electron chi connectivity index (χ0n) is 12.8. The van der Waals surface area contributed by atoms with Gasteiger partial charge in [-0.25, -0.2) is 9.97 Å². The van der Waals surface area contributed by atoms with Gasteiger partial charge >= 0.3 is 0 Å². The van der Waals surface area contributed by atoms with Crippen LogP contribution < -0.4 is 15.5 Å². The van der Waals surface area contributed by atoms with Gasteiger partial charge in [0.25, 0.3) is 0 Å². The highest BCUT2D eigenvalue weighted by atomic mass is 16.5. The van der Waals surface area contributed by atoms with E-state index >= 15 is 0 Å². The van der Waals surface area contributed by atoms with E-state index < -0.39 is 0 Å². The summed E-state index contributed by atoms with van der Waals surface area (Å²) in [5.41, 5.74) is 0. The molecule has 1 amide bonds. The van der Waals surface area contributed by atoms with Crippen molar-refractivity contribution in [3.8, 4) is 0 Å². The molecule has 0 aromatic carbocycles. The van der Waals surface area contributed by atoms with Crippen molar-refractivity contribution >= 4 is 17.5 Å². The molecule has 1 aliphatic heterocycles. The Balaban J connectivity index is 2.27. The lowest BCUT2D eigenvalue weighted by Gasteiger charge is -2.34. The molecule has 0 aliphatic carbocycles. The van der Waals surface area contributed by atoms with E-state index in [1.807, 2.05) is 17.9 Å². The smallest absolute Gasteiger partial charge is 0.242 e. The zero-order valence-corrected chi connectivity index (χ0v) is 12.8. The number of anilines is 2. The van der Waals surface area contributed by atoms with Crippen LogP contribution in [0.4, 0.5) is 11.6 Å². The summed E-state index contributed by atoms with van der Waals surface area (Å²) in [6.45, 7) is 6.55. The van der Waals surface area contributed by atoms with Crippen LogP contribution in [0.15, 0.2) is 6.07 Å². The van der Waals surface area contributed by atoms with E-state index in [0.717, 1.165) is 31.1 Å². The molecule has 21 heavy (non-hydrogen) atoms. The Hall–Kier alpha value is -1.89. The molecule has 0 spiro atoms. The number of rotatable bonds is 6. The minimum atomic E-state index is -0.233. The number of ether oxygens (including phenoxy) is 1. The summed E-state index contributed by atoms with van der Waals surface area (Å²) in [5, 5.41) is 6.12. The lowest BCUT2D eigenvalue weighted by Crippen LogP contribution is -2.54. The first-order chi connectivity index (χ1) is 10.2. The maximum absolute atomic E-state index is 11.8. The van der Waals surface area contributed by atoms with Crippen LogP contribution in [0.1, 0.15) is 26.1 Å². The SMILES string of the molecule is CCCNc1cc(N2CCNC(=O)C2C)nc(COC)n1. The Bertz CT molecular complexity index is 494. The van der Waals surface area contributed by atoms with Crippen LogP contribution in [0.25, 0.3) is 0 Å². The maximum Gasteiger partial charge on any atom is 0.242 e. The number of carbonyl (C=O) groups excluding carboxylic acids is 1. The van der Waals surface area contributed by atoms with Gasteiger partial charge in [-0.15, -0.1) is 0 Å². The summed E-state index contributed by atoms with van der Waals surface area (Å²) >= 11 is 0. The first kappa shape index (κ1) is 15.5. The van der Waals surface area contributed by atoms with Crippen molar-refractivity contribution < 1.29 is 9.53 Å². The number of carbonyl (C=O) groups is 1. The second-order valence-corrected chi connectivity index (χ2v) is 5.05. The Kier molecular flexibility index (Phi) is 5.32. The van der Waals surface area contributed by atoms with Gasteiger partial charge in [-0.1, -0.05) is 6.92 Å². The van der Waals surface area contributed by atoms with Crippen molar-refractivity contribution in [1.82, 2.24) is 15.3 Å². The Morgan fingerprint density at radius 3 is 3.05 bits per heavy atom. The average molecular weight is 293 g/mol. The summed E-state index contributed by atoms with van der Waals surface area (Å²) in [4.78, 5) is 22.7. The lowest BCUT2D eigenvalue weighted by molar-refractivity contribution is -0.122. The van der Waals surface area contributed by atoms with Gasteiger partial charge in [-0.3, -0.25) is 4.79 Å². The molecule has 116 valence electrons. The van der Waals surface area contributed by atoms with Crippen LogP contribution in [0.3, 0.4) is 0 Å². The third-order valence-electron chi connectivity index (χ3n) is 3.38. The number of amides is 1. The van der Waals surface area contributed by atoms with Crippen molar-refractivity contribution in [1.29, 1.82) is 0 Å². The number of piperazine rings is 1. The number of hydrogen-bond donors (Lipinski definition) is 2. The second kappa shape index (κ2) is 7.21. The monoisotopic (exact) mass is 293 g/mol. The van der Waals surface area contributed by atoms with E-state index in [-0.39, 0.29) is 11.9 Å². The molecule has 2 heterocycles. The van der Waals surface area contributed by atoms with Crippen LogP contribution in [-0.2, 0) is 16.1 Å². The van der Waals surface area contributed by atoms with Crippen LogP contribution >= 0.6 is 0 Å². The number of aromatic nitrogens is 2. The quantitative estimate of drug-likeness (QED) is 0.806. The van der Waals surface area contributed by atoms with E-state index in [4.69, 9.17) is 4.74 Å². The van der Waals surface area contributed by atoms with Gasteiger partial charge in [0, 0.05) is 32.8 Å². The van der Waals surface area contributed by atoms with Crippen molar-refractivity contribution in [3.05, 3.63) is 11.9 Å². The van der Waals surface area contributed by atoms with E-state index in [1.54, 1.807) is 7.11 Å². The molecule has 7 nitrogen and oxygen atoms in total. The molecule has 1 aromatic rings. The van der Waals surface area contributed by atoms with Gasteiger partial charge in [-0.05, 0) is 13.3 Å². The lowest BCUT2D eigenvalue weighted by atomic mass is 10.2. The molecule has 2 rings (SSSR count). The maximum atomic E-state index is 11.8. The molecular weight excluding hydrogens is 270 g/mol. The van der Waals surface area contributed by atoms with E-state index in [9.17, 15) is 4.79 Å². The highest BCUT2D eigenvalue weighted by Gasteiger charge is 2.27. The van der Waals surface area contributed by atoms with Crippen molar-refractivity contribution in [3.63, 3.8) is 0 Å². The summed E-state index contributed by atoms with van der Waals surface area (Å²) in [7, 11) is 1.62. The van der Waals surface area contributed by atoms with Gasteiger partial charge in [0.1, 0.15) is 24.3 Å². The molecule has 1 unspecified atom stereocenters. The second-order valence-electron chi connectivity index (χ2n) is 5.05. The van der Waals surface area contributed by atoms with Gasteiger partial charge in [0.2, 0.25) is 5.91 Å². The number of nitrogens with zero attached hydrogens (tertiary/aromatic N) is 3. The van der Waals surface area contributed by atoms with Crippen LogP contribution in [0.2, 0.25) is 0 Å². The minimum Gasteiger partial charge on any atom is -0.377 e. The molecule has 0 bridgehead atoms. The Morgan fingerprint density at radius 1 is 1.52 bits per heavy atom. The molecule has 1 aliphatic rings. The number of nitrogens with one attached hydrogen (secondary N) is 2. The largest absolute Gasteiger partial charge is 0.377 e. The fraction of sp³-hybridized carbons (Fsp3) is 0.643. The highest BCUT2D eigenvalue weighted by Crippen LogP contribution is 2.20. The third-order valence-corrected chi connectivity index (χ3v) is 3.38. The zero-order chi connectivity index (χ0) is 15.2. The van der Waals surface area contributed by atoms with E-state index in [2.05, 4.69) is 27.5 Å². The predicted octanol–water partition coefficient (Wildman–Crippen LogP) is 0.770. The predicted molar refractivity (Wildman–Crippen MR) is 81.3 cm³/mol. The standard InChI is InChI=1S/C14H23N5O2/c1-4-5-15-11-8-13(18-12(17-11)9-21-3)19-7-6-16-14(20)10(19)2/h8,10H,4-7,9H2,1-3H3,(H,16,20)(H,15,17,18). The van der Waals surface area contributed by atoms with Crippen LogP contribution in [0, 0.1) is 0 Å². The normalized spacial score (nSPS) is 18.5. The van der Waals surface area contributed by atoms with Crippen LogP contribution in [-0.4, -0.2) is 48.7 Å². The molecular formula is C14H23N5O2. The summed E-state index contributed by atoms with van der Waals surface area (Å²) in [6.07, 6.45) is 1.02. The first-order valence-corrected chi connectivity index (χ1v) is 7.30. The molecule has 0 saturated carbocycles. The Morgan fingerprint density at radius 2 is 2.33 bits per heavy atom. The van der Waals surface area contributed by atoms with Crippen LogP contribution in [0.5, 0.6) is 0 Å². The van der Waals surface area contributed by atoms with Gasteiger partial charge < -0.3 is 20.3 Å². The molecule has 2 N–H and O–H groups in total. The summed E-state index contributed by atoms with van der Waals surface area (Å²) in [5.74, 6) is 2.17.